The fraction of sp³-hybridized carbons (Fsp3) is 0.412. The minimum absolute atomic E-state index is 0.326. The molecule has 1 saturated heterocycles. The van der Waals surface area contributed by atoms with Gasteiger partial charge in [0, 0.05) is 24.2 Å². The van der Waals surface area contributed by atoms with Crippen LogP contribution in [-0.2, 0) is 16.1 Å². The van der Waals surface area contributed by atoms with Gasteiger partial charge in [0.25, 0.3) is 0 Å². The maximum atomic E-state index is 12.4. The maximum Gasteiger partial charge on any atom is 0.312 e. The molecule has 0 bridgehead atoms. The summed E-state index contributed by atoms with van der Waals surface area (Å²) in [5.74, 6) is -0.908. The molecule has 1 aromatic heterocycles. The van der Waals surface area contributed by atoms with Crippen LogP contribution in [0.25, 0.3) is 10.6 Å². The Kier molecular flexibility index (Phi) is 4.36. The Balaban J connectivity index is 1.71. The molecule has 2 heterocycles. The number of rotatable bonds is 3. The van der Waals surface area contributed by atoms with E-state index in [9.17, 15) is 9.59 Å². The van der Waals surface area contributed by atoms with Gasteiger partial charge in [-0.3, -0.25) is 9.59 Å². The van der Waals surface area contributed by atoms with Crippen LogP contribution in [0.2, 0.25) is 0 Å². The van der Waals surface area contributed by atoms with Crippen molar-refractivity contribution in [3.8, 4) is 10.6 Å². The molecule has 1 aliphatic rings. The Hall–Kier alpha value is -2.28. The second-order valence-corrected chi connectivity index (χ2v) is 7.78. The second-order valence-electron chi connectivity index (χ2n) is 6.72. The maximum absolute atomic E-state index is 12.4. The number of amides is 2. The van der Waals surface area contributed by atoms with Crippen molar-refractivity contribution in [2.24, 2.45) is 0 Å². The molecule has 1 aromatic carbocycles. The van der Waals surface area contributed by atoms with Gasteiger partial charge in [0.15, 0.2) is 0 Å². The fourth-order valence-corrected chi connectivity index (χ4v) is 3.50. The standard InChI is InChI=1S/C17H20N4O2S/c1-17(2,3)21-10-9-20(15(22)16(21)23)11-13-18-19-14(24-13)12-7-5-4-6-8-12/h4-8H,9-11H2,1-3H3. The molecular weight excluding hydrogens is 324 g/mol. The van der Waals surface area contributed by atoms with E-state index in [1.165, 1.54) is 11.3 Å². The molecule has 7 heteroatoms. The zero-order valence-electron chi connectivity index (χ0n) is 14.0. The number of piperazine rings is 1. The van der Waals surface area contributed by atoms with Crippen LogP contribution in [0.4, 0.5) is 0 Å². The summed E-state index contributed by atoms with van der Waals surface area (Å²) in [6.07, 6.45) is 0. The number of aromatic nitrogens is 2. The predicted molar refractivity (Wildman–Crippen MR) is 92.2 cm³/mol. The van der Waals surface area contributed by atoms with Crippen molar-refractivity contribution in [3.63, 3.8) is 0 Å². The van der Waals surface area contributed by atoms with Crippen LogP contribution in [0.15, 0.2) is 30.3 Å². The third kappa shape index (κ3) is 3.31. The minimum atomic E-state index is -0.465. The molecule has 6 nitrogen and oxygen atoms in total. The van der Waals surface area contributed by atoms with Gasteiger partial charge in [0.2, 0.25) is 0 Å². The zero-order chi connectivity index (χ0) is 17.3. The molecule has 24 heavy (non-hydrogen) atoms. The third-order valence-corrected chi connectivity index (χ3v) is 4.89. The van der Waals surface area contributed by atoms with Crippen molar-refractivity contribution in [1.29, 1.82) is 0 Å². The monoisotopic (exact) mass is 344 g/mol. The van der Waals surface area contributed by atoms with Crippen molar-refractivity contribution in [3.05, 3.63) is 35.3 Å². The van der Waals surface area contributed by atoms with E-state index in [-0.39, 0.29) is 5.54 Å². The summed E-state index contributed by atoms with van der Waals surface area (Å²) in [5.41, 5.74) is 0.656. The van der Waals surface area contributed by atoms with E-state index in [4.69, 9.17) is 0 Å². The lowest BCUT2D eigenvalue weighted by Gasteiger charge is -2.41. The van der Waals surface area contributed by atoms with Crippen LogP contribution in [0.3, 0.4) is 0 Å². The smallest absolute Gasteiger partial charge is 0.312 e. The highest BCUT2D eigenvalue weighted by atomic mass is 32.1. The van der Waals surface area contributed by atoms with Crippen molar-refractivity contribution >= 4 is 23.2 Å². The summed E-state index contributed by atoms with van der Waals surface area (Å²) in [5, 5.41) is 9.90. The average molecular weight is 344 g/mol. The summed E-state index contributed by atoms with van der Waals surface area (Å²) in [6, 6.07) is 9.79. The van der Waals surface area contributed by atoms with Crippen LogP contribution < -0.4 is 0 Å². The Morgan fingerprint density at radius 1 is 1.04 bits per heavy atom. The number of hydrogen-bond donors (Lipinski definition) is 0. The van der Waals surface area contributed by atoms with Crippen molar-refractivity contribution in [2.45, 2.75) is 32.9 Å². The Morgan fingerprint density at radius 3 is 2.42 bits per heavy atom. The minimum Gasteiger partial charge on any atom is -0.328 e. The first-order chi connectivity index (χ1) is 11.4. The fourth-order valence-electron chi connectivity index (χ4n) is 2.64. The van der Waals surface area contributed by atoms with E-state index in [0.717, 1.165) is 15.6 Å². The van der Waals surface area contributed by atoms with E-state index in [2.05, 4.69) is 10.2 Å². The largest absolute Gasteiger partial charge is 0.328 e. The molecule has 1 fully saturated rings. The van der Waals surface area contributed by atoms with E-state index in [0.29, 0.717) is 19.6 Å². The van der Waals surface area contributed by atoms with E-state index in [1.807, 2.05) is 51.1 Å². The van der Waals surface area contributed by atoms with Gasteiger partial charge in [-0.15, -0.1) is 10.2 Å². The number of carbonyl (C=O) groups is 2. The van der Waals surface area contributed by atoms with Gasteiger partial charge in [0.1, 0.15) is 10.0 Å². The SMILES string of the molecule is CC(C)(C)N1CCN(Cc2nnc(-c3ccccc3)s2)C(=O)C1=O. The molecule has 126 valence electrons. The molecule has 0 radical (unpaired) electrons. The highest BCUT2D eigenvalue weighted by Crippen LogP contribution is 2.25. The van der Waals surface area contributed by atoms with Gasteiger partial charge >= 0.3 is 11.8 Å². The summed E-state index contributed by atoms with van der Waals surface area (Å²) >= 11 is 1.45. The Bertz CT molecular complexity index is 751. The van der Waals surface area contributed by atoms with Gasteiger partial charge in [-0.25, -0.2) is 0 Å². The van der Waals surface area contributed by atoms with Crippen LogP contribution >= 0.6 is 11.3 Å². The molecule has 1 aliphatic heterocycles. The lowest BCUT2D eigenvalue weighted by Crippen LogP contribution is -2.59. The van der Waals surface area contributed by atoms with E-state index in [1.54, 1.807) is 9.80 Å². The molecule has 0 N–H and O–H groups in total. The van der Waals surface area contributed by atoms with Gasteiger partial charge in [-0.1, -0.05) is 41.7 Å². The molecule has 0 spiro atoms. The Morgan fingerprint density at radius 2 is 1.75 bits per heavy atom. The number of carbonyl (C=O) groups excluding carboxylic acids is 2. The summed E-state index contributed by atoms with van der Waals surface area (Å²) < 4.78 is 0. The van der Waals surface area contributed by atoms with Gasteiger partial charge < -0.3 is 9.80 Å². The molecule has 0 unspecified atom stereocenters. The zero-order valence-corrected chi connectivity index (χ0v) is 14.8. The number of hydrogen-bond acceptors (Lipinski definition) is 5. The van der Waals surface area contributed by atoms with Crippen molar-refractivity contribution in [1.82, 2.24) is 20.0 Å². The molecule has 0 aliphatic carbocycles. The van der Waals surface area contributed by atoms with Gasteiger partial charge in [-0.05, 0) is 20.8 Å². The lowest BCUT2D eigenvalue weighted by atomic mass is 10.0. The predicted octanol–water partition coefficient (Wildman–Crippen LogP) is 2.17. The Labute approximate surface area is 145 Å². The average Bonchev–Trinajstić information content (AvgIpc) is 3.00. The second kappa shape index (κ2) is 6.32. The summed E-state index contributed by atoms with van der Waals surface area (Å²) in [4.78, 5) is 27.8. The number of nitrogens with zero attached hydrogens (tertiary/aromatic N) is 4. The molecular formula is C17H20N4O2S. The van der Waals surface area contributed by atoms with E-state index < -0.39 is 11.8 Å². The van der Waals surface area contributed by atoms with Gasteiger partial charge in [0.05, 0.1) is 6.54 Å². The first-order valence-corrected chi connectivity index (χ1v) is 8.66. The molecule has 0 atom stereocenters. The normalized spacial score (nSPS) is 16.0. The first kappa shape index (κ1) is 16.6. The highest BCUT2D eigenvalue weighted by molar-refractivity contribution is 7.14. The van der Waals surface area contributed by atoms with Crippen molar-refractivity contribution in [2.75, 3.05) is 13.1 Å². The molecule has 3 rings (SSSR count). The summed E-state index contributed by atoms with van der Waals surface area (Å²) in [7, 11) is 0. The third-order valence-electron chi connectivity index (χ3n) is 3.93. The summed E-state index contributed by atoms with van der Waals surface area (Å²) in [6.45, 7) is 7.19. The van der Waals surface area contributed by atoms with Crippen LogP contribution in [-0.4, -0.2) is 50.4 Å². The molecule has 2 amide bonds. The number of benzene rings is 1. The van der Waals surface area contributed by atoms with E-state index >= 15 is 0 Å². The first-order valence-electron chi connectivity index (χ1n) is 7.85. The molecule has 2 aromatic rings. The molecule has 0 saturated carbocycles. The lowest BCUT2D eigenvalue weighted by molar-refractivity contribution is -0.160. The van der Waals surface area contributed by atoms with Crippen molar-refractivity contribution < 1.29 is 9.59 Å². The van der Waals surface area contributed by atoms with Crippen LogP contribution in [0.1, 0.15) is 25.8 Å². The van der Waals surface area contributed by atoms with Crippen LogP contribution in [0, 0.1) is 0 Å². The van der Waals surface area contributed by atoms with Gasteiger partial charge in [-0.2, -0.15) is 0 Å². The van der Waals surface area contributed by atoms with Crippen LogP contribution in [0.5, 0.6) is 0 Å². The highest BCUT2D eigenvalue weighted by Gasteiger charge is 2.38. The topological polar surface area (TPSA) is 66.4 Å². The quantitative estimate of drug-likeness (QED) is 0.801.